The lowest BCUT2D eigenvalue weighted by atomic mass is 10.1. The topological polar surface area (TPSA) is 53.1 Å². The van der Waals surface area contributed by atoms with E-state index in [1.807, 2.05) is 11.6 Å². The molecule has 0 amide bonds. The molecule has 0 spiro atoms. The van der Waals surface area contributed by atoms with E-state index in [2.05, 4.69) is 12.0 Å². The Morgan fingerprint density at radius 2 is 2.42 bits per heavy atom. The minimum Gasteiger partial charge on any atom is -0.473 e. The minimum atomic E-state index is 0.242. The van der Waals surface area contributed by atoms with Crippen LogP contribution in [0, 0.1) is 0 Å². The van der Waals surface area contributed by atoms with Crippen LogP contribution >= 0.6 is 0 Å². The van der Waals surface area contributed by atoms with Crippen molar-refractivity contribution in [1.82, 2.24) is 9.78 Å². The van der Waals surface area contributed by atoms with Gasteiger partial charge in [0.25, 0.3) is 0 Å². The molecule has 0 saturated heterocycles. The van der Waals surface area contributed by atoms with Gasteiger partial charge in [-0.1, -0.05) is 0 Å². The van der Waals surface area contributed by atoms with E-state index < -0.39 is 0 Å². The summed E-state index contributed by atoms with van der Waals surface area (Å²) in [6.07, 6.45) is 2.88. The number of nitrogens with zero attached hydrogens (tertiary/aromatic N) is 2. The quantitative estimate of drug-likeness (QED) is 0.631. The van der Waals surface area contributed by atoms with Gasteiger partial charge in [0, 0.05) is 6.42 Å². The predicted octanol–water partition coefficient (Wildman–Crippen LogP) is 1.20. The number of hydrogen-bond donors (Lipinski definition) is 1. The molecule has 0 radical (unpaired) electrons. The fourth-order valence-electron chi connectivity index (χ4n) is 1.62. The third-order valence-electron chi connectivity index (χ3n) is 2.18. The zero-order chi connectivity index (χ0) is 8.72. The maximum absolute atomic E-state index is 5.68. The van der Waals surface area contributed by atoms with Gasteiger partial charge in [0.1, 0.15) is 5.69 Å². The van der Waals surface area contributed by atoms with Gasteiger partial charge in [-0.2, -0.15) is 5.10 Å². The van der Waals surface area contributed by atoms with E-state index in [0.29, 0.717) is 11.7 Å². The Labute approximate surface area is 71.3 Å². The molecule has 0 unspecified atom stereocenters. The van der Waals surface area contributed by atoms with Gasteiger partial charge in [-0.3, -0.25) is 0 Å². The molecular weight excluding hydrogens is 154 g/mol. The minimum absolute atomic E-state index is 0.242. The SMILES string of the molecule is C[C@@H]1C[C@H](C)n2ncc(N)c2O1. The smallest absolute Gasteiger partial charge is 0.236 e. The molecule has 1 aromatic heterocycles. The van der Waals surface area contributed by atoms with Crippen LogP contribution in [0.4, 0.5) is 5.69 Å². The monoisotopic (exact) mass is 167 g/mol. The largest absolute Gasteiger partial charge is 0.473 e. The second kappa shape index (κ2) is 2.40. The van der Waals surface area contributed by atoms with Crippen LogP contribution in [0.15, 0.2) is 6.20 Å². The fraction of sp³-hybridized carbons (Fsp3) is 0.625. The van der Waals surface area contributed by atoms with E-state index in [1.165, 1.54) is 0 Å². The summed E-state index contributed by atoms with van der Waals surface area (Å²) in [5.41, 5.74) is 6.31. The summed E-state index contributed by atoms with van der Waals surface area (Å²) in [4.78, 5) is 0. The highest BCUT2D eigenvalue weighted by atomic mass is 16.5. The van der Waals surface area contributed by atoms with Gasteiger partial charge in [-0.05, 0) is 13.8 Å². The summed E-state index contributed by atoms with van der Waals surface area (Å²) in [5, 5.41) is 4.14. The van der Waals surface area contributed by atoms with Crippen molar-refractivity contribution in [3.8, 4) is 5.88 Å². The summed E-state index contributed by atoms with van der Waals surface area (Å²) in [7, 11) is 0. The molecular formula is C8H13N3O. The molecule has 66 valence electrons. The summed E-state index contributed by atoms with van der Waals surface area (Å²) >= 11 is 0. The zero-order valence-electron chi connectivity index (χ0n) is 7.32. The molecule has 4 nitrogen and oxygen atoms in total. The maximum Gasteiger partial charge on any atom is 0.236 e. The highest BCUT2D eigenvalue weighted by Crippen LogP contribution is 2.32. The molecule has 1 aliphatic heterocycles. The van der Waals surface area contributed by atoms with Crippen molar-refractivity contribution >= 4 is 5.69 Å². The van der Waals surface area contributed by atoms with Gasteiger partial charge in [0.05, 0.1) is 18.3 Å². The van der Waals surface area contributed by atoms with Crippen LogP contribution in [0.25, 0.3) is 0 Å². The van der Waals surface area contributed by atoms with Crippen molar-refractivity contribution in [2.24, 2.45) is 0 Å². The maximum atomic E-state index is 5.68. The Kier molecular flexibility index (Phi) is 1.49. The van der Waals surface area contributed by atoms with Crippen molar-refractivity contribution in [3.05, 3.63) is 6.20 Å². The Balaban J connectivity index is 2.43. The average molecular weight is 167 g/mol. The first kappa shape index (κ1) is 7.46. The molecule has 2 rings (SSSR count). The van der Waals surface area contributed by atoms with Gasteiger partial charge in [0.15, 0.2) is 0 Å². The summed E-state index contributed by atoms with van der Waals surface area (Å²) in [5.74, 6) is 0.723. The third-order valence-corrected chi connectivity index (χ3v) is 2.18. The number of nitrogen functional groups attached to an aromatic ring is 1. The van der Waals surface area contributed by atoms with Crippen molar-refractivity contribution in [3.63, 3.8) is 0 Å². The highest BCUT2D eigenvalue weighted by molar-refractivity contribution is 5.47. The van der Waals surface area contributed by atoms with E-state index in [0.717, 1.165) is 12.3 Å². The van der Waals surface area contributed by atoms with Crippen LogP contribution < -0.4 is 10.5 Å². The number of rotatable bonds is 0. The number of fused-ring (bicyclic) bond motifs is 1. The standard InChI is InChI=1S/C8H13N3O/c1-5-3-6(2)12-8-7(9)4-10-11(5)8/h4-6H,3,9H2,1-2H3/t5-,6+/m0/s1. The van der Waals surface area contributed by atoms with E-state index in [9.17, 15) is 0 Å². The Morgan fingerprint density at radius 3 is 3.17 bits per heavy atom. The van der Waals surface area contributed by atoms with E-state index in [1.54, 1.807) is 6.20 Å². The Bertz CT molecular complexity index is 294. The van der Waals surface area contributed by atoms with Crippen molar-refractivity contribution in [2.75, 3.05) is 5.73 Å². The molecule has 2 N–H and O–H groups in total. The summed E-state index contributed by atoms with van der Waals surface area (Å²) in [6, 6.07) is 0.390. The van der Waals surface area contributed by atoms with Crippen LogP contribution in [0.3, 0.4) is 0 Å². The molecule has 0 bridgehead atoms. The normalized spacial score (nSPS) is 27.8. The van der Waals surface area contributed by atoms with Crippen LogP contribution in [0.1, 0.15) is 26.3 Å². The number of nitrogens with two attached hydrogens (primary N) is 1. The Morgan fingerprint density at radius 1 is 1.67 bits per heavy atom. The third kappa shape index (κ3) is 0.948. The van der Waals surface area contributed by atoms with Crippen LogP contribution in [0.2, 0.25) is 0 Å². The van der Waals surface area contributed by atoms with Gasteiger partial charge in [-0.15, -0.1) is 0 Å². The van der Waals surface area contributed by atoms with Gasteiger partial charge >= 0.3 is 0 Å². The average Bonchev–Trinajstić information content (AvgIpc) is 2.33. The van der Waals surface area contributed by atoms with Crippen LogP contribution in [-0.2, 0) is 0 Å². The molecule has 0 saturated carbocycles. The molecule has 1 aliphatic rings. The van der Waals surface area contributed by atoms with E-state index >= 15 is 0 Å². The molecule has 2 atom stereocenters. The zero-order valence-corrected chi connectivity index (χ0v) is 7.32. The molecule has 2 heterocycles. The van der Waals surface area contributed by atoms with Gasteiger partial charge in [0.2, 0.25) is 5.88 Å². The molecule has 12 heavy (non-hydrogen) atoms. The second-order valence-corrected chi connectivity index (χ2v) is 3.36. The van der Waals surface area contributed by atoms with Gasteiger partial charge in [-0.25, -0.2) is 4.68 Å². The van der Waals surface area contributed by atoms with Crippen molar-refractivity contribution in [1.29, 1.82) is 0 Å². The van der Waals surface area contributed by atoms with Crippen LogP contribution in [0.5, 0.6) is 5.88 Å². The molecule has 1 aromatic rings. The molecule has 0 fully saturated rings. The summed E-state index contributed by atoms with van der Waals surface area (Å²) in [6.45, 7) is 4.17. The van der Waals surface area contributed by atoms with E-state index in [4.69, 9.17) is 10.5 Å². The molecule has 0 aliphatic carbocycles. The highest BCUT2D eigenvalue weighted by Gasteiger charge is 2.24. The Hall–Kier alpha value is -1.19. The second-order valence-electron chi connectivity index (χ2n) is 3.36. The lowest BCUT2D eigenvalue weighted by Crippen LogP contribution is -2.26. The lowest BCUT2D eigenvalue weighted by molar-refractivity contribution is 0.128. The first-order chi connectivity index (χ1) is 5.68. The first-order valence-corrected chi connectivity index (χ1v) is 4.18. The van der Waals surface area contributed by atoms with Crippen molar-refractivity contribution in [2.45, 2.75) is 32.4 Å². The number of aromatic nitrogens is 2. The number of ether oxygens (including phenoxy) is 1. The fourth-order valence-corrected chi connectivity index (χ4v) is 1.62. The van der Waals surface area contributed by atoms with Crippen LogP contribution in [-0.4, -0.2) is 15.9 Å². The van der Waals surface area contributed by atoms with Gasteiger partial charge < -0.3 is 10.5 Å². The van der Waals surface area contributed by atoms with E-state index in [-0.39, 0.29) is 6.10 Å². The molecule has 4 heteroatoms. The lowest BCUT2D eigenvalue weighted by Gasteiger charge is -2.26. The predicted molar refractivity (Wildman–Crippen MR) is 46.1 cm³/mol. The molecule has 0 aromatic carbocycles. The summed E-state index contributed by atoms with van der Waals surface area (Å²) < 4.78 is 7.39. The number of anilines is 1. The first-order valence-electron chi connectivity index (χ1n) is 4.18. The van der Waals surface area contributed by atoms with Crippen molar-refractivity contribution < 1.29 is 4.74 Å². The number of hydrogen-bond acceptors (Lipinski definition) is 3.